The van der Waals surface area contributed by atoms with E-state index in [-0.39, 0.29) is 5.28 Å². The highest BCUT2D eigenvalue weighted by molar-refractivity contribution is 6.28. The first-order chi connectivity index (χ1) is 10.3. The van der Waals surface area contributed by atoms with Crippen LogP contribution in [0.3, 0.4) is 0 Å². The average Bonchev–Trinajstić information content (AvgIpc) is 2.85. The number of hydrogen-bond acceptors (Lipinski definition) is 3. The molecule has 0 aliphatic heterocycles. The first kappa shape index (κ1) is 12.4. The quantitative estimate of drug-likeness (QED) is 0.555. The predicted octanol–water partition coefficient (Wildman–Crippen LogP) is 4.44. The van der Waals surface area contributed by atoms with Crippen LogP contribution in [-0.4, -0.2) is 9.97 Å². The van der Waals surface area contributed by atoms with Gasteiger partial charge in [-0.15, -0.1) is 0 Å². The average molecular weight is 294 g/mol. The van der Waals surface area contributed by atoms with Crippen molar-refractivity contribution in [1.82, 2.24) is 9.97 Å². The summed E-state index contributed by atoms with van der Waals surface area (Å²) in [6, 6.07) is 16.7. The molecule has 0 radical (unpaired) electrons. The van der Waals surface area contributed by atoms with Crippen molar-refractivity contribution in [2.45, 2.75) is 6.42 Å². The van der Waals surface area contributed by atoms with Gasteiger partial charge < -0.3 is 5.32 Å². The summed E-state index contributed by atoms with van der Waals surface area (Å²) in [6.07, 6.45) is 2.62. The Morgan fingerprint density at radius 1 is 0.952 bits per heavy atom. The number of rotatable bonds is 2. The highest BCUT2D eigenvalue weighted by atomic mass is 35.5. The van der Waals surface area contributed by atoms with Crippen LogP contribution < -0.4 is 5.32 Å². The van der Waals surface area contributed by atoms with Gasteiger partial charge in [0.05, 0.1) is 0 Å². The molecule has 1 aliphatic rings. The smallest absolute Gasteiger partial charge is 0.224 e. The van der Waals surface area contributed by atoms with Gasteiger partial charge in [-0.1, -0.05) is 30.3 Å². The molecule has 4 heteroatoms. The molecule has 2 aromatic carbocycles. The Labute approximate surface area is 127 Å². The molecule has 0 unspecified atom stereocenters. The number of benzene rings is 2. The Kier molecular flexibility index (Phi) is 2.86. The lowest BCUT2D eigenvalue weighted by Gasteiger charge is -2.08. The maximum absolute atomic E-state index is 5.80. The zero-order valence-corrected chi connectivity index (χ0v) is 11.9. The van der Waals surface area contributed by atoms with Gasteiger partial charge in [-0.05, 0) is 58.5 Å². The highest BCUT2D eigenvalue weighted by Crippen LogP contribution is 2.37. The van der Waals surface area contributed by atoms with Gasteiger partial charge in [0.25, 0.3) is 0 Å². The number of fused-ring (bicyclic) bond motifs is 3. The van der Waals surface area contributed by atoms with Crippen LogP contribution >= 0.6 is 11.6 Å². The van der Waals surface area contributed by atoms with Crippen LogP contribution in [0.1, 0.15) is 11.1 Å². The highest BCUT2D eigenvalue weighted by Gasteiger charge is 2.17. The molecule has 3 aromatic rings. The van der Waals surface area contributed by atoms with Crippen molar-refractivity contribution in [3.8, 4) is 11.1 Å². The van der Waals surface area contributed by atoms with E-state index in [1.165, 1.54) is 22.3 Å². The topological polar surface area (TPSA) is 37.8 Å². The van der Waals surface area contributed by atoms with Crippen LogP contribution in [0.25, 0.3) is 11.1 Å². The van der Waals surface area contributed by atoms with Crippen LogP contribution in [0.15, 0.2) is 54.7 Å². The first-order valence-corrected chi connectivity index (χ1v) is 7.14. The molecule has 0 fully saturated rings. The van der Waals surface area contributed by atoms with Crippen LogP contribution in [-0.2, 0) is 6.42 Å². The molecule has 0 saturated carbocycles. The Balaban J connectivity index is 1.67. The van der Waals surface area contributed by atoms with Crippen molar-refractivity contribution >= 4 is 23.1 Å². The van der Waals surface area contributed by atoms with Gasteiger partial charge in [0.1, 0.15) is 5.82 Å². The molecular formula is C17H12ClN3. The van der Waals surface area contributed by atoms with Crippen molar-refractivity contribution in [2.75, 3.05) is 5.32 Å². The van der Waals surface area contributed by atoms with Crippen LogP contribution in [0.4, 0.5) is 11.5 Å². The van der Waals surface area contributed by atoms with Gasteiger partial charge in [0.2, 0.25) is 5.28 Å². The molecule has 0 saturated heterocycles. The second-order valence-electron chi connectivity index (χ2n) is 5.04. The minimum atomic E-state index is 0.244. The largest absolute Gasteiger partial charge is 0.340 e. The molecule has 1 N–H and O–H groups in total. The Bertz CT molecular complexity index is 830. The molecule has 21 heavy (non-hydrogen) atoms. The summed E-state index contributed by atoms with van der Waals surface area (Å²) in [5.74, 6) is 0.700. The van der Waals surface area contributed by atoms with E-state index in [9.17, 15) is 0 Å². The Morgan fingerprint density at radius 2 is 1.81 bits per heavy atom. The maximum Gasteiger partial charge on any atom is 0.224 e. The molecule has 4 rings (SSSR count). The summed E-state index contributed by atoms with van der Waals surface area (Å²) in [4.78, 5) is 8.03. The molecular weight excluding hydrogens is 282 g/mol. The van der Waals surface area contributed by atoms with Crippen LogP contribution in [0, 0.1) is 0 Å². The van der Waals surface area contributed by atoms with Crippen molar-refractivity contribution < 1.29 is 0 Å². The van der Waals surface area contributed by atoms with E-state index in [1.807, 2.05) is 0 Å². The van der Waals surface area contributed by atoms with E-state index in [0.29, 0.717) is 5.82 Å². The Morgan fingerprint density at radius 3 is 2.71 bits per heavy atom. The second-order valence-corrected chi connectivity index (χ2v) is 5.38. The normalized spacial score (nSPS) is 11.9. The fraction of sp³-hybridized carbons (Fsp3) is 0.0588. The van der Waals surface area contributed by atoms with Crippen molar-refractivity contribution in [2.24, 2.45) is 0 Å². The lowest BCUT2D eigenvalue weighted by molar-refractivity contribution is 1.17. The van der Waals surface area contributed by atoms with Gasteiger partial charge >= 0.3 is 0 Å². The second kappa shape index (κ2) is 4.86. The lowest BCUT2D eigenvalue weighted by Crippen LogP contribution is -1.95. The third-order valence-electron chi connectivity index (χ3n) is 3.69. The van der Waals surface area contributed by atoms with Crippen molar-refractivity contribution in [3.05, 3.63) is 71.1 Å². The molecule has 1 aromatic heterocycles. The van der Waals surface area contributed by atoms with E-state index >= 15 is 0 Å². The number of halogens is 1. The Hall–Kier alpha value is -2.39. The number of nitrogens with one attached hydrogen (secondary N) is 1. The third kappa shape index (κ3) is 2.26. The number of anilines is 2. The summed E-state index contributed by atoms with van der Waals surface area (Å²) >= 11 is 5.80. The molecule has 1 heterocycles. The summed E-state index contributed by atoms with van der Waals surface area (Å²) in [7, 11) is 0. The van der Waals surface area contributed by atoms with Gasteiger partial charge in [0, 0.05) is 11.9 Å². The summed E-state index contributed by atoms with van der Waals surface area (Å²) in [6.45, 7) is 0. The van der Waals surface area contributed by atoms with Crippen LogP contribution in [0.5, 0.6) is 0 Å². The van der Waals surface area contributed by atoms with E-state index in [2.05, 4.69) is 57.7 Å². The minimum absolute atomic E-state index is 0.244. The first-order valence-electron chi connectivity index (χ1n) is 6.76. The van der Waals surface area contributed by atoms with Crippen molar-refractivity contribution in [1.29, 1.82) is 0 Å². The molecule has 0 atom stereocenters. The van der Waals surface area contributed by atoms with Crippen molar-refractivity contribution in [3.63, 3.8) is 0 Å². The summed E-state index contributed by atoms with van der Waals surface area (Å²) in [5.41, 5.74) is 6.38. The summed E-state index contributed by atoms with van der Waals surface area (Å²) in [5, 5.41) is 3.51. The molecule has 102 valence electrons. The monoisotopic (exact) mass is 293 g/mol. The number of hydrogen-bond donors (Lipinski definition) is 1. The van der Waals surface area contributed by atoms with Gasteiger partial charge in [-0.3, -0.25) is 0 Å². The molecule has 0 spiro atoms. The number of nitrogens with zero attached hydrogens (tertiary/aromatic N) is 2. The zero-order valence-electron chi connectivity index (χ0n) is 11.2. The van der Waals surface area contributed by atoms with E-state index in [4.69, 9.17) is 11.6 Å². The van der Waals surface area contributed by atoms with E-state index < -0.39 is 0 Å². The molecule has 3 nitrogen and oxygen atoms in total. The van der Waals surface area contributed by atoms with Crippen LogP contribution in [0.2, 0.25) is 5.28 Å². The molecule has 0 bridgehead atoms. The lowest BCUT2D eigenvalue weighted by atomic mass is 10.1. The number of aromatic nitrogens is 2. The minimum Gasteiger partial charge on any atom is -0.340 e. The predicted molar refractivity (Wildman–Crippen MR) is 85.0 cm³/mol. The third-order valence-corrected chi connectivity index (χ3v) is 3.87. The van der Waals surface area contributed by atoms with Gasteiger partial charge in [-0.25, -0.2) is 9.97 Å². The SMILES string of the molecule is Clc1nccc(Nc2ccc3c(c2)Cc2ccccc2-3)n1. The van der Waals surface area contributed by atoms with E-state index in [0.717, 1.165) is 12.1 Å². The van der Waals surface area contributed by atoms with E-state index in [1.54, 1.807) is 12.3 Å². The fourth-order valence-electron chi connectivity index (χ4n) is 2.78. The molecule has 0 amide bonds. The standard InChI is InChI=1S/C17H12ClN3/c18-17-19-8-7-16(21-17)20-13-5-6-15-12(10-13)9-11-3-1-2-4-14(11)15/h1-8,10H,9H2,(H,19,20,21). The zero-order chi connectivity index (χ0) is 14.2. The maximum atomic E-state index is 5.80. The van der Waals surface area contributed by atoms with Gasteiger partial charge in [0.15, 0.2) is 0 Å². The fourth-order valence-corrected chi connectivity index (χ4v) is 2.92. The van der Waals surface area contributed by atoms with Gasteiger partial charge in [-0.2, -0.15) is 0 Å². The summed E-state index contributed by atoms with van der Waals surface area (Å²) < 4.78 is 0. The molecule has 1 aliphatic carbocycles.